The van der Waals surface area contributed by atoms with Crippen LogP contribution in [0.15, 0.2) is 53.6 Å². The molecular formula is C19H20FN3O3. The zero-order valence-electron chi connectivity index (χ0n) is 14.5. The van der Waals surface area contributed by atoms with Crippen LogP contribution >= 0.6 is 0 Å². The third kappa shape index (κ3) is 6.01. The minimum atomic E-state index is -0.834. The van der Waals surface area contributed by atoms with Gasteiger partial charge >= 0.3 is 11.8 Å². The largest absolute Gasteiger partial charge is 0.489 e. The predicted octanol–water partition coefficient (Wildman–Crippen LogP) is 2.38. The highest BCUT2D eigenvalue weighted by Crippen LogP contribution is 2.15. The van der Waals surface area contributed by atoms with Crippen molar-refractivity contribution >= 4 is 18.0 Å². The molecule has 0 saturated heterocycles. The molecule has 0 aliphatic heterocycles. The Morgan fingerprint density at radius 2 is 1.81 bits per heavy atom. The lowest BCUT2D eigenvalue weighted by Crippen LogP contribution is -2.41. The quantitative estimate of drug-likeness (QED) is 0.473. The first-order valence-corrected chi connectivity index (χ1v) is 8.06. The molecule has 2 aromatic rings. The van der Waals surface area contributed by atoms with Crippen molar-refractivity contribution in [2.24, 2.45) is 5.10 Å². The summed E-state index contributed by atoms with van der Waals surface area (Å²) in [4.78, 5) is 22.9. The fraction of sp³-hybridized carbons (Fsp3) is 0.211. The Hall–Kier alpha value is -3.22. The Balaban J connectivity index is 1.84. The van der Waals surface area contributed by atoms with Crippen molar-refractivity contribution in [2.75, 3.05) is 0 Å². The molecule has 0 unspecified atom stereocenters. The van der Waals surface area contributed by atoms with Crippen LogP contribution in [0.25, 0.3) is 0 Å². The number of hydrazone groups is 1. The monoisotopic (exact) mass is 357 g/mol. The van der Waals surface area contributed by atoms with Crippen LogP contribution in [0.3, 0.4) is 0 Å². The summed E-state index contributed by atoms with van der Waals surface area (Å²) < 4.78 is 19.1. The number of ether oxygens (including phenoxy) is 1. The van der Waals surface area contributed by atoms with Crippen molar-refractivity contribution in [1.29, 1.82) is 0 Å². The summed E-state index contributed by atoms with van der Waals surface area (Å²) >= 11 is 0. The lowest BCUT2D eigenvalue weighted by molar-refractivity contribution is -0.139. The van der Waals surface area contributed by atoms with E-state index in [0.717, 1.165) is 0 Å². The van der Waals surface area contributed by atoms with E-state index in [0.29, 0.717) is 16.9 Å². The van der Waals surface area contributed by atoms with E-state index in [1.54, 1.807) is 56.3 Å². The van der Waals surface area contributed by atoms with Crippen molar-refractivity contribution in [2.45, 2.75) is 26.5 Å². The number of hydrogen-bond acceptors (Lipinski definition) is 4. The summed E-state index contributed by atoms with van der Waals surface area (Å²) in [7, 11) is 0. The molecule has 0 atom stereocenters. The van der Waals surface area contributed by atoms with Gasteiger partial charge in [0.1, 0.15) is 18.2 Å². The van der Waals surface area contributed by atoms with Gasteiger partial charge in [-0.05, 0) is 49.7 Å². The molecule has 2 aromatic carbocycles. The standard InChI is InChI=1S/C19H20FN3O3/c1-13(2)22-18(24)19(25)23-21-11-14-7-9-16(10-8-14)26-12-15-5-3-4-6-17(15)20/h3-11,13H,12H2,1-2H3,(H,22,24)(H,23,25)/b21-11-. The molecule has 0 spiro atoms. The molecule has 7 heteroatoms. The number of hydrogen-bond donors (Lipinski definition) is 2. The third-order valence-corrected chi connectivity index (χ3v) is 3.24. The first kappa shape index (κ1) is 19.1. The maximum absolute atomic E-state index is 13.5. The van der Waals surface area contributed by atoms with Crippen LogP contribution < -0.4 is 15.5 Å². The second-order valence-corrected chi connectivity index (χ2v) is 5.78. The van der Waals surface area contributed by atoms with E-state index >= 15 is 0 Å². The van der Waals surface area contributed by atoms with Crippen LogP contribution in [0, 0.1) is 5.82 Å². The minimum absolute atomic E-state index is 0.126. The van der Waals surface area contributed by atoms with E-state index in [1.807, 2.05) is 0 Å². The average molecular weight is 357 g/mol. The second kappa shape index (κ2) is 9.31. The number of nitrogens with zero attached hydrogens (tertiary/aromatic N) is 1. The summed E-state index contributed by atoms with van der Waals surface area (Å²) in [6, 6.07) is 13.1. The Morgan fingerprint density at radius 1 is 1.12 bits per heavy atom. The van der Waals surface area contributed by atoms with Gasteiger partial charge in [0.15, 0.2) is 0 Å². The Morgan fingerprint density at radius 3 is 2.46 bits per heavy atom. The molecule has 0 saturated carbocycles. The van der Waals surface area contributed by atoms with Crippen molar-refractivity contribution in [3.63, 3.8) is 0 Å². The molecule has 0 aliphatic carbocycles. The highest BCUT2D eigenvalue weighted by Gasteiger charge is 2.12. The van der Waals surface area contributed by atoms with Crippen molar-refractivity contribution in [3.8, 4) is 5.75 Å². The smallest absolute Gasteiger partial charge is 0.329 e. The Labute approximate surface area is 151 Å². The first-order chi connectivity index (χ1) is 12.5. The maximum atomic E-state index is 13.5. The van der Waals surface area contributed by atoms with E-state index in [-0.39, 0.29) is 18.5 Å². The molecule has 0 aromatic heterocycles. The van der Waals surface area contributed by atoms with Gasteiger partial charge in [0.2, 0.25) is 0 Å². The Bertz CT molecular complexity index is 789. The predicted molar refractivity (Wildman–Crippen MR) is 96.2 cm³/mol. The van der Waals surface area contributed by atoms with Gasteiger partial charge in [-0.15, -0.1) is 0 Å². The van der Waals surface area contributed by atoms with Crippen LogP contribution in [-0.2, 0) is 16.2 Å². The Kier molecular flexibility index (Phi) is 6.84. The van der Waals surface area contributed by atoms with E-state index in [4.69, 9.17) is 4.74 Å². The summed E-state index contributed by atoms with van der Waals surface area (Å²) in [6.45, 7) is 3.63. The first-order valence-electron chi connectivity index (χ1n) is 8.06. The summed E-state index contributed by atoms with van der Waals surface area (Å²) in [5.74, 6) is -1.31. The number of carbonyl (C=O) groups excluding carboxylic acids is 2. The molecular weight excluding hydrogens is 337 g/mol. The third-order valence-electron chi connectivity index (χ3n) is 3.24. The van der Waals surface area contributed by atoms with Gasteiger partial charge in [-0.2, -0.15) is 5.10 Å². The molecule has 2 rings (SSSR count). The molecule has 6 nitrogen and oxygen atoms in total. The van der Waals surface area contributed by atoms with Gasteiger partial charge in [-0.3, -0.25) is 9.59 Å². The normalized spacial score (nSPS) is 10.8. The highest BCUT2D eigenvalue weighted by molar-refractivity contribution is 6.35. The molecule has 0 aliphatic rings. The molecule has 0 heterocycles. The second-order valence-electron chi connectivity index (χ2n) is 5.78. The van der Waals surface area contributed by atoms with Crippen molar-refractivity contribution in [1.82, 2.24) is 10.7 Å². The molecule has 2 N–H and O–H groups in total. The zero-order valence-corrected chi connectivity index (χ0v) is 14.5. The summed E-state index contributed by atoms with van der Waals surface area (Å²) in [5.41, 5.74) is 3.32. The molecule has 0 radical (unpaired) electrons. The molecule has 0 fully saturated rings. The molecule has 0 bridgehead atoms. The van der Waals surface area contributed by atoms with Crippen LogP contribution in [0.4, 0.5) is 4.39 Å². The van der Waals surface area contributed by atoms with Gasteiger partial charge < -0.3 is 10.1 Å². The van der Waals surface area contributed by atoms with Crippen molar-refractivity contribution < 1.29 is 18.7 Å². The SMILES string of the molecule is CC(C)NC(=O)C(=O)N/N=C\c1ccc(OCc2ccccc2F)cc1. The van der Waals surface area contributed by atoms with Crippen LogP contribution in [0.2, 0.25) is 0 Å². The maximum Gasteiger partial charge on any atom is 0.329 e. The number of amides is 2. The fourth-order valence-corrected chi connectivity index (χ4v) is 1.97. The average Bonchev–Trinajstić information content (AvgIpc) is 2.61. The van der Waals surface area contributed by atoms with Crippen LogP contribution in [0.5, 0.6) is 5.75 Å². The lowest BCUT2D eigenvalue weighted by atomic mass is 10.2. The number of benzene rings is 2. The van der Waals surface area contributed by atoms with Gasteiger partial charge in [-0.25, -0.2) is 9.82 Å². The number of nitrogens with one attached hydrogen (secondary N) is 2. The van der Waals surface area contributed by atoms with Crippen LogP contribution in [-0.4, -0.2) is 24.1 Å². The lowest BCUT2D eigenvalue weighted by Gasteiger charge is -2.07. The van der Waals surface area contributed by atoms with Gasteiger partial charge in [0.25, 0.3) is 0 Å². The van der Waals surface area contributed by atoms with Gasteiger partial charge in [0, 0.05) is 11.6 Å². The van der Waals surface area contributed by atoms with E-state index in [2.05, 4.69) is 15.8 Å². The molecule has 2 amide bonds. The molecule has 26 heavy (non-hydrogen) atoms. The molecule has 136 valence electrons. The zero-order chi connectivity index (χ0) is 18.9. The number of rotatable bonds is 6. The van der Waals surface area contributed by atoms with E-state index in [9.17, 15) is 14.0 Å². The highest BCUT2D eigenvalue weighted by atomic mass is 19.1. The van der Waals surface area contributed by atoms with Crippen LogP contribution in [0.1, 0.15) is 25.0 Å². The van der Waals surface area contributed by atoms with Crippen molar-refractivity contribution in [3.05, 3.63) is 65.5 Å². The number of carbonyl (C=O) groups is 2. The van der Waals surface area contributed by atoms with Gasteiger partial charge in [-0.1, -0.05) is 18.2 Å². The minimum Gasteiger partial charge on any atom is -0.489 e. The van der Waals surface area contributed by atoms with E-state index in [1.165, 1.54) is 12.3 Å². The summed E-state index contributed by atoms with van der Waals surface area (Å²) in [5, 5.41) is 6.19. The van der Waals surface area contributed by atoms with E-state index < -0.39 is 11.8 Å². The van der Waals surface area contributed by atoms with Gasteiger partial charge in [0.05, 0.1) is 6.21 Å². The topological polar surface area (TPSA) is 79.8 Å². The summed E-state index contributed by atoms with van der Waals surface area (Å²) in [6.07, 6.45) is 1.40. The fourth-order valence-electron chi connectivity index (χ4n) is 1.97. The number of halogens is 1.